The van der Waals surface area contributed by atoms with E-state index in [1.807, 2.05) is 12.1 Å². The molecule has 1 aromatic rings. The molecule has 0 saturated heterocycles. The number of hydrogen-bond donors (Lipinski definition) is 1. The van der Waals surface area contributed by atoms with E-state index in [2.05, 4.69) is 15.9 Å². The van der Waals surface area contributed by atoms with Crippen molar-refractivity contribution in [1.29, 1.82) is 0 Å². The van der Waals surface area contributed by atoms with Gasteiger partial charge < -0.3 is 10.0 Å². The van der Waals surface area contributed by atoms with Crippen LogP contribution < -0.4 is 0 Å². The number of thiophene rings is 1. The van der Waals surface area contributed by atoms with Crippen LogP contribution in [0.3, 0.4) is 0 Å². The molecule has 0 bridgehead atoms. The lowest BCUT2D eigenvalue weighted by atomic mass is 10.3. The lowest BCUT2D eigenvalue weighted by Crippen LogP contribution is -2.27. The second-order valence-electron chi connectivity index (χ2n) is 3.39. The molecule has 1 N–H and O–H groups in total. The molecule has 0 aromatic carbocycles. The van der Waals surface area contributed by atoms with Crippen LogP contribution in [-0.2, 0) is 16.0 Å². The number of carbonyl (C=O) groups excluding carboxylic acids is 1. The molecule has 1 aromatic heterocycles. The van der Waals surface area contributed by atoms with Gasteiger partial charge in [-0.1, -0.05) is 0 Å². The lowest BCUT2D eigenvalue weighted by Gasteiger charge is -2.13. The first kappa shape index (κ1) is 13.9. The summed E-state index contributed by atoms with van der Waals surface area (Å²) in [6, 6.07) is 3.96. The van der Waals surface area contributed by atoms with Gasteiger partial charge in [-0.05, 0) is 34.5 Å². The molecule has 0 unspecified atom stereocenters. The van der Waals surface area contributed by atoms with Crippen molar-refractivity contribution in [3.8, 4) is 0 Å². The third kappa shape index (κ3) is 5.14. The summed E-state index contributed by atoms with van der Waals surface area (Å²) in [5.74, 6) is -1.42. The Kier molecular flexibility index (Phi) is 5.37. The minimum atomic E-state index is -1.12. The molecule has 0 aliphatic rings. The van der Waals surface area contributed by atoms with E-state index in [1.165, 1.54) is 9.78 Å². The van der Waals surface area contributed by atoms with Crippen molar-refractivity contribution < 1.29 is 14.7 Å². The van der Waals surface area contributed by atoms with Crippen molar-refractivity contribution in [1.82, 2.24) is 4.90 Å². The Hall–Kier alpha value is -1.14. The van der Waals surface area contributed by atoms with Crippen LogP contribution >= 0.6 is 27.3 Å². The molecule has 6 heteroatoms. The second-order valence-corrected chi connectivity index (χ2v) is 5.93. The first-order chi connectivity index (χ1) is 7.99. The third-order valence-corrected chi connectivity index (χ3v) is 3.75. The molecule has 0 atom stereocenters. The first-order valence-electron chi connectivity index (χ1n) is 4.89. The van der Waals surface area contributed by atoms with E-state index in [1.54, 1.807) is 18.4 Å². The van der Waals surface area contributed by atoms with Crippen LogP contribution in [0.2, 0.25) is 0 Å². The van der Waals surface area contributed by atoms with Crippen LogP contribution in [0.1, 0.15) is 4.88 Å². The molecule has 0 fully saturated rings. The Balaban J connectivity index is 2.41. The van der Waals surface area contributed by atoms with Crippen LogP contribution in [0.25, 0.3) is 0 Å². The van der Waals surface area contributed by atoms with Gasteiger partial charge in [0, 0.05) is 30.6 Å². The van der Waals surface area contributed by atoms with E-state index in [4.69, 9.17) is 5.11 Å². The van der Waals surface area contributed by atoms with E-state index in [0.717, 1.165) is 22.4 Å². The third-order valence-electron chi connectivity index (χ3n) is 2.07. The number of carboxylic acid groups (broad SMARTS) is 1. The standard InChI is InChI=1S/C11H12BrNO3S/c1-13(10(14)4-5-11(15)16)7-6-8-2-3-9(12)17-8/h2-5H,6-7H2,1H3,(H,15,16)/b5-4+. The van der Waals surface area contributed by atoms with Crippen molar-refractivity contribution in [3.63, 3.8) is 0 Å². The van der Waals surface area contributed by atoms with Gasteiger partial charge in [0.25, 0.3) is 0 Å². The number of rotatable bonds is 5. The zero-order valence-corrected chi connectivity index (χ0v) is 11.6. The predicted molar refractivity (Wildman–Crippen MR) is 70.1 cm³/mol. The monoisotopic (exact) mass is 317 g/mol. The fourth-order valence-electron chi connectivity index (χ4n) is 1.14. The molecular formula is C11H12BrNO3S. The Morgan fingerprint density at radius 2 is 2.18 bits per heavy atom. The maximum absolute atomic E-state index is 11.4. The number of carbonyl (C=O) groups is 2. The minimum absolute atomic E-state index is 0.303. The van der Waals surface area contributed by atoms with Crippen LogP contribution in [0.5, 0.6) is 0 Å². The van der Waals surface area contributed by atoms with E-state index < -0.39 is 5.97 Å². The Morgan fingerprint density at radius 1 is 1.47 bits per heavy atom. The average molecular weight is 318 g/mol. The Bertz CT molecular complexity index is 442. The largest absolute Gasteiger partial charge is 0.478 e. The van der Waals surface area contributed by atoms with Crippen molar-refractivity contribution in [3.05, 3.63) is 32.9 Å². The number of nitrogens with zero attached hydrogens (tertiary/aromatic N) is 1. The topological polar surface area (TPSA) is 57.6 Å². The predicted octanol–water partition coefficient (Wildman–Crippen LogP) is 2.15. The molecule has 1 heterocycles. The summed E-state index contributed by atoms with van der Waals surface area (Å²) in [5, 5.41) is 8.39. The molecule has 0 spiro atoms. The average Bonchev–Trinajstić information content (AvgIpc) is 2.68. The van der Waals surface area contributed by atoms with Crippen LogP contribution in [-0.4, -0.2) is 35.5 Å². The number of amides is 1. The van der Waals surface area contributed by atoms with Gasteiger partial charge in [0.15, 0.2) is 0 Å². The molecule has 0 aliphatic heterocycles. The normalized spacial score (nSPS) is 10.7. The van der Waals surface area contributed by atoms with Crippen LogP contribution in [0, 0.1) is 0 Å². The van der Waals surface area contributed by atoms with Gasteiger partial charge in [-0.3, -0.25) is 4.79 Å². The number of carboxylic acids is 1. The second kappa shape index (κ2) is 6.56. The van der Waals surface area contributed by atoms with Crippen molar-refractivity contribution >= 4 is 39.1 Å². The molecule has 4 nitrogen and oxygen atoms in total. The highest BCUT2D eigenvalue weighted by Gasteiger charge is 2.06. The fourth-order valence-corrected chi connectivity index (χ4v) is 2.62. The molecule has 0 radical (unpaired) electrons. The summed E-state index contributed by atoms with van der Waals surface area (Å²) in [7, 11) is 1.65. The summed E-state index contributed by atoms with van der Waals surface area (Å²) >= 11 is 5.00. The van der Waals surface area contributed by atoms with Crippen molar-refractivity contribution in [2.24, 2.45) is 0 Å². The lowest BCUT2D eigenvalue weighted by molar-refractivity contribution is -0.132. The van der Waals surface area contributed by atoms with E-state index in [-0.39, 0.29) is 5.91 Å². The van der Waals surface area contributed by atoms with Gasteiger partial charge in [0.2, 0.25) is 5.91 Å². The first-order valence-corrected chi connectivity index (χ1v) is 6.50. The minimum Gasteiger partial charge on any atom is -0.478 e. The molecule has 92 valence electrons. The fraction of sp³-hybridized carbons (Fsp3) is 0.273. The molecule has 1 rings (SSSR count). The number of hydrogen-bond acceptors (Lipinski definition) is 3. The van der Waals surface area contributed by atoms with Gasteiger partial charge in [-0.15, -0.1) is 11.3 Å². The zero-order chi connectivity index (χ0) is 12.8. The summed E-state index contributed by atoms with van der Waals surface area (Å²) in [4.78, 5) is 24.4. The maximum Gasteiger partial charge on any atom is 0.328 e. The highest BCUT2D eigenvalue weighted by atomic mass is 79.9. The van der Waals surface area contributed by atoms with Gasteiger partial charge in [0.05, 0.1) is 3.79 Å². The van der Waals surface area contributed by atoms with E-state index in [0.29, 0.717) is 6.54 Å². The summed E-state index contributed by atoms with van der Waals surface area (Å²) in [6.45, 7) is 0.565. The van der Waals surface area contributed by atoms with Crippen molar-refractivity contribution in [2.75, 3.05) is 13.6 Å². The number of likely N-dealkylation sites (N-methyl/N-ethyl adjacent to an activating group) is 1. The quantitative estimate of drug-likeness (QED) is 0.847. The van der Waals surface area contributed by atoms with Gasteiger partial charge >= 0.3 is 5.97 Å². The summed E-state index contributed by atoms with van der Waals surface area (Å²) in [5.41, 5.74) is 0. The zero-order valence-electron chi connectivity index (χ0n) is 9.22. The number of aliphatic carboxylic acids is 1. The number of halogens is 1. The molecule has 17 heavy (non-hydrogen) atoms. The summed E-state index contributed by atoms with van der Waals surface area (Å²) in [6.07, 6.45) is 2.67. The van der Waals surface area contributed by atoms with Crippen molar-refractivity contribution in [2.45, 2.75) is 6.42 Å². The van der Waals surface area contributed by atoms with E-state index >= 15 is 0 Å². The smallest absolute Gasteiger partial charge is 0.328 e. The van der Waals surface area contributed by atoms with Gasteiger partial charge in [-0.2, -0.15) is 0 Å². The SMILES string of the molecule is CN(CCc1ccc(Br)s1)C(=O)/C=C/C(=O)O. The van der Waals surface area contributed by atoms with Gasteiger partial charge in [-0.25, -0.2) is 4.79 Å². The molecular weight excluding hydrogens is 306 g/mol. The van der Waals surface area contributed by atoms with E-state index in [9.17, 15) is 9.59 Å². The molecule has 0 saturated carbocycles. The van der Waals surface area contributed by atoms with Crippen LogP contribution in [0.15, 0.2) is 28.1 Å². The summed E-state index contributed by atoms with van der Waals surface area (Å²) < 4.78 is 1.06. The highest BCUT2D eigenvalue weighted by molar-refractivity contribution is 9.11. The van der Waals surface area contributed by atoms with Crippen LogP contribution in [0.4, 0.5) is 0 Å². The van der Waals surface area contributed by atoms with Gasteiger partial charge in [0.1, 0.15) is 0 Å². The molecule has 1 amide bonds. The maximum atomic E-state index is 11.4. The highest BCUT2D eigenvalue weighted by Crippen LogP contribution is 2.22. The molecule has 0 aliphatic carbocycles. The Morgan fingerprint density at radius 3 is 2.71 bits per heavy atom. The Labute approximate surface area is 112 Å².